The van der Waals surface area contributed by atoms with Crippen LogP contribution in [-0.4, -0.2) is 26.9 Å². The van der Waals surface area contributed by atoms with Crippen molar-refractivity contribution in [2.75, 3.05) is 6.54 Å². The van der Waals surface area contributed by atoms with E-state index < -0.39 is 5.91 Å². The van der Waals surface area contributed by atoms with Gasteiger partial charge in [0.15, 0.2) is 0 Å². The molecule has 0 bridgehead atoms. The summed E-state index contributed by atoms with van der Waals surface area (Å²) in [7, 11) is 0. The van der Waals surface area contributed by atoms with Crippen LogP contribution in [0.3, 0.4) is 0 Å². The molecular weight excluding hydrogens is 316 g/mol. The molecule has 1 amide bonds. The molecule has 2 aromatic rings. The van der Waals surface area contributed by atoms with Crippen LogP contribution < -0.4 is 11.3 Å². The van der Waals surface area contributed by atoms with Gasteiger partial charge in [-0.05, 0) is 18.4 Å². The number of primary amides is 1. The van der Waals surface area contributed by atoms with Crippen LogP contribution in [0.15, 0.2) is 35.1 Å². The molecule has 0 saturated heterocycles. The van der Waals surface area contributed by atoms with Crippen molar-refractivity contribution in [2.45, 2.75) is 45.8 Å². The molecule has 0 saturated carbocycles. The number of nitrogens with two attached hydrogens (primary N) is 1. The monoisotopic (exact) mass is 340 g/mol. The maximum Gasteiger partial charge on any atom is 0.257 e. The largest absolute Gasteiger partial charge is 0.368 e. The van der Waals surface area contributed by atoms with E-state index in [1.54, 1.807) is 0 Å². The van der Waals surface area contributed by atoms with Crippen LogP contribution in [0.1, 0.15) is 36.0 Å². The highest BCUT2D eigenvalue weighted by Gasteiger charge is 2.23. The number of rotatable bonds is 6. The van der Waals surface area contributed by atoms with Crippen LogP contribution >= 0.6 is 0 Å². The third kappa shape index (κ3) is 3.96. The first-order valence-corrected chi connectivity index (χ1v) is 8.74. The van der Waals surface area contributed by atoms with Gasteiger partial charge in [0, 0.05) is 31.6 Å². The van der Waals surface area contributed by atoms with E-state index in [1.165, 1.54) is 10.1 Å². The zero-order chi connectivity index (χ0) is 17.8. The molecule has 6 nitrogen and oxygen atoms in total. The van der Waals surface area contributed by atoms with Crippen LogP contribution in [0.5, 0.6) is 0 Å². The second kappa shape index (κ2) is 7.61. The quantitative estimate of drug-likeness (QED) is 0.858. The van der Waals surface area contributed by atoms with Crippen molar-refractivity contribution in [3.8, 4) is 0 Å². The summed E-state index contributed by atoms with van der Waals surface area (Å²) in [4.78, 5) is 31.2. The Morgan fingerprint density at radius 2 is 2.04 bits per heavy atom. The number of carbonyl (C=O) groups excluding carboxylic acids is 1. The lowest BCUT2D eigenvalue weighted by Gasteiger charge is -2.28. The van der Waals surface area contributed by atoms with Gasteiger partial charge in [-0.2, -0.15) is 0 Å². The fourth-order valence-electron chi connectivity index (χ4n) is 3.34. The lowest BCUT2D eigenvalue weighted by Crippen LogP contribution is -2.40. The van der Waals surface area contributed by atoms with Crippen LogP contribution in [0, 0.1) is 0 Å². The topological polar surface area (TPSA) is 81.2 Å². The Hall–Kier alpha value is -2.47. The Morgan fingerprint density at radius 3 is 2.72 bits per heavy atom. The molecule has 0 aliphatic carbocycles. The summed E-state index contributed by atoms with van der Waals surface area (Å²) < 4.78 is 1.46. The van der Waals surface area contributed by atoms with Gasteiger partial charge in [-0.3, -0.25) is 19.1 Å². The predicted molar refractivity (Wildman–Crippen MR) is 95.9 cm³/mol. The number of fused-ring (bicyclic) bond motifs is 1. The molecular formula is C19H24N4O2. The minimum absolute atomic E-state index is 0.0951. The van der Waals surface area contributed by atoms with E-state index in [2.05, 4.69) is 17.0 Å². The standard InChI is InChI=1S/C19H24N4O2/c1-2-6-18-21-16-12-22(11-14-7-4-3-5-8-14)10-9-15(16)19(25)23(18)13-17(20)24/h3-5,7-8H,2,6,9-13H2,1H3,(H2,20,24). The van der Waals surface area contributed by atoms with E-state index >= 15 is 0 Å². The molecule has 132 valence electrons. The number of benzene rings is 1. The number of hydrogen-bond acceptors (Lipinski definition) is 4. The third-order valence-corrected chi connectivity index (χ3v) is 4.52. The summed E-state index contributed by atoms with van der Waals surface area (Å²) in [6, 6.07) is 10.3. The van der Waals surface area contributed by atoms with Crippen LogP contribution in [0.2, 0.25) is 0 Å². The van der Waals surface area contributed by atoms with Gasteiger partial charge in [0.25, 0.3) is 5.56 Å². The third-order valence-electron chi connectivity index (χ3n) is 4.52. The molecule has 0 radical (unpaired) electrons. The second-order valence-corrected chi connectivity index (χ2v) is 6.51. The average molecular weight is 340 g/mol. The number of hydrogen-bond donors (Lipinski definition) is 1. The molecule has 1 aromatic heterocycles. The lowest BCUT2D eigenvalue weighted by atomic mass is 10.0. The van der Waals surface area contributed by atoms with E-state index in [-0.39, 0.29) is 12.1 Å². The summed E-state index contributed by atoms with van der Waals surface area (Å²) in [5, 5.41) is 0. The first-order chi connectivity index (χ1) is 12.1. The lowest BCUT2D eigenvalue weighted by molar-refractivity contribution is -0.118. The molecule has 3 rings (SSSR count). The summed E-state index contributed by atoms with van der Waals surface area (Å²) >= 11 is 0. The van der Waals surface area contributed by atoms with Crippen LogP contribution in [0.4, 0.5) is 0 Å². The van der Waals surface area contributed by atoms with Gasteiger partial charge in [-0.25, -0.2) is 4.98 Å². The number of aryl methyl sites for hydroxylation is 1. The summed E-state index contributed by atoms with van der Waals surface area (Å²) in [5.74, 6) is 0.148. The van der Waals surface area contributed by atoms with Crippen LogP contribution in [-0.2, 0) is 37.3 Å². The fraction of sp³-hybridized carbons (Fsp3) is 0.421. The van der Waals surface area contributed by atoms with Gasteiger partial charge in [0.1, 0.15) is 12.4 Å². The van der Waals surface area contributed by atoms with Gasteiger partial charge in [0.2, 0.25) is 5.91 Å². The zero-order valence-electron chi connectivity index (χ0n) is 14.6. The van der Waals surface area contributed by atoms with Crippen molar-refractivity contribution < 1.29 is 4.79 Å². The van der Waals surface area contributed by atoms with Crippen molar-refractivity contribution in [2.24, 2.45) is 5.73 Å². The minimum atomic E-state index is -0.511. The SMILES string of the molecule is CCCc1nc2c(c(=O)n1CC(N)=O)CCN(Cc1ccccc1)C2. The molecule has 1 aromatic carbocycles. The summed E-state index contributed by atoms with van der Waals surface area (Å²) in [6.07, 6.45) is 2.17. The van der Waals surface area contributed by atoms with Crippen molar-refractivity contribution in [1.82, 2.24) is 14.5 Å². The number of amides is 1. The molecule has 1 aliphatic rings. The van der Waals surface area contributed by atoms with E-state index in [9.17, 15) is 9.59 Å². The molecule has 1 aliphatic heterocycles. The van der Waals surface area contributed by atoms with E-state index in [4.69, 9.17) is 10.7 Å². The first-order valence-electron chi connectivity index (χ1n) is 8.74. The van der Waals surface area contributed by atoms with Gasteiger partial charge in [0.05, 0.1) is 5.69 Å². The molecule has 0 atom stereocenters. The van der Waals surface area contributed by atoms with Crippen molar-refractivity contribution in [1.29, 1.82) is 0 Å². The molecule has 2 heterocycles. The van der Waals surface area contributed by atoms with Gasteiger partial charge >= 0.3 is 0 Å². The van der Waals surface area contributed by atoms with Crippen molar-refractivity contribution >= 4 is 5.91 Å². The highest BCUT2D eigenvalue weighted by Crippen LogP contribution is 2.17. The number of aromatic nitrogens is 2. The number of nitrogens with zero attached hydrogens (tertiary/aromatic N) is 3. The Labute approximate surface area is 147 Å². The highest BCUT2D eigenvalue weighted by atomic mass is 16.2. The predicted octanol–water partition coefficient (Wildman–Crippen LogP) is 1.24. The second-order valence-electron chi connectivity index (χ2n) is 6.51. The molecule has 25 heavy (non-hydrogen) atoms. The molecule has 6 heteroatoms. The molecule has 2 N–H and O–H groups in total. The van der Waals surface area contributed by atoms with E-state index in [1.807, 2.05) is 25.1 Å². The maximum atomic E-state index is 12.8. The minimum Gasteiger partial charge on any atom is -0.368 e. The summed E-state index contributed by atoms with van der Waals surface area (Å²) in [6.45, 7) is 4.25. The Bertz CT molecular complexity index is 814. The zero-order valence-corrected chi connectivity index (χ0v) is 14.6. The fourth-order valence-corrected chi connectivity index (χ4v) is 3.34. The highest BCUT2D eigenvalue weighted by molar-refractivity contribution is 5.73. The Morgan fingerprint density at radius 1 is 1.28 bits per heavy atom. The van der Waals surface area contributed by atoms with Gasteiger partial charge < -0.3 is 5.73 Å². The average Bonchev–Trinajstić information content (AvgIpc) is 2.59. The Balaban J connectivity index is 1.89. The van der Waals surface area contributed by atoms with Crippen molar-refractivity contribution in [3.05, 3.63) is 63.3 Å². The molecule has 0 unspecified atom stereocenters. The van der Waals surface area contributed by atoms with Gasteiger partial charge in [-0.15, -0.1) is 0 Å². The van der Waals surface area contributed by atoms with Gasteiger partial charge in [-0.1, -0.05) is 37.3 Å². The van der Waals surface area contributed by atoms with Crippen LogP contribution in [0.25, 0.3) is 0 Å². The van der Waals surface area contributed by atoms with E-state index in [0.29, 0.717) is 25.2 Å². The molecule has 0 fully saturated rings. The normalized spacial score (nSPS) is 14.3. The van der Waals surface area contributed by atoms with E-state index in [0.717, 1.165) is 30.8 Å². The Kier molecular flexibility index (Phi) is 5.28. The first kappa shape index (κ1) is 17.4. The maximum absolute atomic E-state index is 12.8. The smallest absolute Gasteiger partial charge is 0.257 e. The molecule has 0 spiro atoms. The number of carbonyl (C=O) groups is 1. The summed E-state index contributed by atoms with van der Waals surface area (Å²) in [5.41, 5.74) is 8.03. The van der Waals surface area contributed by atoms with Crippen molar-refractivity contribution in [3.63, 3.8) is 0 Å².